The summed E-state index contributed by atoms with van der Waals surface area (Å²) >= 11 is 0. The Kier molecular flexibility index (Phi) is 4.20. The second kappa shape index (κ2) is 5.75. The van der Waals surface area contributed by atoms with Crippen molar-refractivity contribution in [2.75, 3.05) is 5.32 Å². The number of carboxylic acid groups (broad SMARTS) is 1. The maximum Gasteiger partial charge on any atom is 0.416 e. The highest BCUT2D eigenvalue weighted by molar-refractivity contribution is 5.95. The fourth-order valence-corrected chi connectivity index (χ4v) is 2.55. The number of carboxylic acids is 1. The number of carbonyl (C=O) groups is 2. The summed E-state index contributed by atoms with van der Waals surface area (Å²) in [6.45, 7) is 0. The van der Waals surface area contributed by atoms with Crippen molar-refractivity contribution in [1.29, 1.82) is 0 Å². The van der Waals surface area contributed by atoms with Gasteiger partial charge in [0.1, 0.15) is 0 Å². The van der Waals surface area contributed by atoms with Gasteiger partial charge in [-0.25, -0.2) is 0 Å². The van der Waals surface area contributed by atoms with E-state index in [9.17, 15) is 22.8 Å². The van der Waals surface area contributed by atoms with Crippen LogP contribution in [0.3, 0.4) is 0 Å². The number of alkyl halides is 3. The molecule has 114 valence electrons. The molecule has 7 heteroatoms. The van der Waals surface area contributed by atoms with Gasteiger partial charge in [-0.1, -0.05) is 6.42 Å². The smallest absolute Gasteiger partial charge is 0.416 e. The zero-order chi connectivity index (χ0) is 15.6. The van der Waals surface area contributed by atoms with Crippen molar-refractivity contribution in [3.8, 4) is 0 Å². The third kappa shape index (κ3) is 3.53. The van der Waals surface area contributed by atoms with E-state index in [-0.39, 0.29) is 5.69 Å². The maximum atomic E-state index is 12.4. The quantitative estimate of drug-likeness (QED) is 0.901. The Morgan fingerprint density at radius 2 is 1.67 bits per heavy atom. The molecule has 0 bridgehead atoms. The van der Waals surface area contributed by atoms with Gasteiger partial charge < -0.3 is 10.4 Å². The van der Waals surface area contributed by atoms with E-state index in [1.807, 2.05) is 0 Å². The first-order valence-corrected chi connectivity index (χ1v) is 6.50. The molecule has 21 heavy (non-hydrogen) atoms. The average Bonchev–Trinajstić information content (AvgIpc) is 2.87. The van der Waals surface area contributed by atoms with Crippen molar-refractivity contribution in [3.63, 3.8) is 0 Å². The largest absolute Gasteiger partial charge is 0.481 e. The second-order valence-corrected chi connectivity index (χ2v) is 5.05. The number of carbonyl (C=O) groups excluding carboxylic acids is 1. The number of hydrogen-bond acceptors (Lipinski definition) is 2. The Bertz CT molecular complexity index is 539. The predicted octanol–water partition coefficient (Wildman–Crippen LogP) is 3.14. The summed E-state index contributed by atoms with van der Waals surface area (Å²) in [5.74, 6) is -2.83. The highest BCUT2D eigenvalue weighted by Crippen LogP contribution is 2.33. The molecule has 1 aliphatic rings. The normalized spacial score (nSPS) is 22.0. The molecule has 0 spiro atoms. The number of rotatable bonds is 3. The molecule has 2 rings (SSSR count). The van der Waals surface area contributed by atoms with E-state index in [0.717, 1.165) is 24.3 Å². The van der Waals surface area contributed by atoms with Crippen LogP contribution in [0.15, 0.2) is 24.3 Å². The molecule has 1 amide bonds. The SMILES string of the molecule is O=C(O)C1CCCC1C(=O)Nc1ccc(C(F)(F)F)cc1. The molecule has 0 heterocycles. The van der Waals surface area contributed by atoms with Gasteiger partial charge in [0.15, 0.2) is 0 Å². The molecule has 0 saturated heterocycles. The lowest BCUT2D eigenvalue weighted by Crippen LogP contribution is -2.30. The van der Waals surface area contributed by atoms with Gasteiger partial charge in [0.05, 0.1) is 17.4 Å². The number of aliphatic carboxylic acids is 1. The van der Waals surface area contributed by atoms with Gasteiger partial charge in [-0.3, -0.25) is 9.59 Å². The number of amides is 1. The topological polar surface area (TPSA) is 66.4 Å². The highest BCUT2D eigenvalue weighted by Gasteiger charge is 2.37. The fraction of sp³-hybridized carbons (Fsp3) is 0.429. The monoisotopic (exact) mass is 301 g/mol. The number of benzene rings is 1. The van der Waals surface area contributed by atoms with Crippen molar-refractivity contribution < 1.29 is 27.9 Å². The van der Waals surface area contributed by atoms with Crippen molar-refractivity contribution >= 4 is 17.6 Å². The lowest BCUT2D eigenvalue weighted by atomic mass is 9.95. The van der Waals surface area contributed by atoms with Gasteiger partial charge in [0, 0.05) is 5.69 Å². The molecule has 1 aromatic carbocycles. The molecule has 0 aliphatic heterocycles. The van der Waals surface area contributed by atoms with Crippen molar-refractivity contribution in [2.24, 2.45) is 11.8 Å². The van der Waals surface area contributed by atoms with Gasteiger partial charge in [-0.15, -0.1) is 0 Å². The number of halogens is 3. The lowest BCUT2D eigenvalue weighted by molar-refractivity contribution is -0.145. The van der Waals surface area contributed by atoms with E-state index in [1.165, 1.54) is 0 Å². The van der Waals surface area contributed by atoms with Gasteiger partial charge >= 0.3 is 12.1 Å². The van der Waals surface area contributed by atoms with Gasteiger partial charge in [-0.05, 0) is 37.1 Å². The Morgan fingerprint density at radius 3 is 2.19 bits per heavy atom. The van der Waals surface area contributed by atoms with E-state index in [2.05, 4.69) is 5.32 Å². The van der Waals surface area contributed by atoms with Crippen LogP contribution in [-0.2, 0) is 15.8 Å². The molecule has 0 radical (unpaired) electrons. The number of anilines is 1. The minimum atomic E-state index is -4.43. The molecule has 1 aromatic rings. The van der Waals surface area contributed by atoms with Crippen LogP contribution in [0.25, 0.3) is 0 Å². The molecule has 2 atom stereocenters. The Morgan fingerprint density at radius 1 is 1.10 bits per heavy atom. The average molecular weight is 301 g/mol. The first-order valence-electron chi connectivity index (χ1n) is 6.50. The number of nitrogens with one attached hydrogen (secondary N) is 1. The Labute approximate surface area is 119 Å². The summed E-state index contributed by atoms with van der Waals surface area (Å²) < 4.78 is 37.2. The summed E-state index contributed by atoms with van der Waals surface area (Å²) in [5, 5.41) is 11.5. The molecule has 0 aromatic heterocycles. The van der Waals surface area contributed by atoms with Crippen LogP contribution in [0.2, 0.25) is 0 Å². The summed E-state index contributed by atoms with van der Waals surface area (Å²) in [6, 6.07) is 4.06. The van der Waals surface area contributed by atoms with Gasteiger partial charge in [-0.2, -0.15) is 13.2 Å². The first-order chi connectivity index (χ1) is 9.79. The summed E-state index contributed by atoms with van der Waals surface area (Å²) in [4.78, 5) is 23.0. The highest BCUT2D eigenvalue weighted by atomic mass is 19.4. The van der Waals surface area contributed by atoms with E-state index in [0.29, 0.717) is 19.3 Å². The molecule has 1 aliphatic carbocycles. The molecular weight excluding hydrogens is 287 g/mol. The van der Waals surface area contributed by atoms with E-state index in [4.69, 9.17) is 5.11 Å². The Hall–Kier alpha value is -2.05. The summed E-state index contributed by atoms with van der Waals surface area (Å²) in [7, 11) is 0. The molecular formula is C14H14F3NO3. The van der Waals surface area contributed by atoms with Gasteiger partial charge in [0.2, 0.25) is 5.91 Å². The molecule has 2 unspecified atom stereocenters. The van der Waals surface area contributed by atoms with Crippen LogP contribution in [0.1, 0.15) is 24.8 Å². The van der Waals surface area contributed by atoms with Crippen LogP contribution in [-0.4, -0.2) is 17.0 Å². The molecule has 2 N–H and O–H groups in total. The Balaban J connectivity index is 2.04. The second-order valence-electron chi connectivity index (χ2n) is 5.05. The minimum Gasteiger partial charge on any atom is -0.481 e. The van der Waals surface area contributed by atoms with E-state index in [1.54, 1.807) is 0 Å². The third-order valence-corrected chi connectivity index (χ3v) is 3.65. The van der Waals surface area contributed by atoms with Crippen LogP contribution in [0, 0.1) is 11.8 Å². The summed E-state index contributed by atoms with van der Waals surface area (Å²) in [5.41, 5.74) is -0.575. The van der Waals surface area contributed by atoms with E-state index < -0.39 is 35.5 Å². The van der Waals surface area contributed by atoms with Crippen LogP contribution in [0.4, 0.5) is 18.9 Å². The minimum absolute atomic E-state index is 0.226. The molecule has 4 nitrogen and oxygen atoms in total. The van der Waals surface area contributed by atoms with Gasteiger partial charge in [0.25, 0.3) is 0 Å². The van der Waals surface area contributed by atoms with E-state index >= 15 is 0 Å². The molecule has 1 fully saturated rings. The van der Waals surface area contributed by atoms with Crippen LogP contribution >= 0.6 is 0 Å². The van der Waals surface area contributed by atoms with Crippen molar-refractivity contribution in [1.82, 2.24) is 0 Å². The van der Waals surface area contributed by atoms with Crippen LogP contribution in [0.5, 0.6) is 0 Å². The molecule has 1 saturated carbocycles. The standard InChI is InChI=1S/C14H14F3NO3/c15-14(16,17)8-4-6-9(7-5-8)18-12(19)10-2-1-3-11(10)13(20)21/h4-7,10-11H,1-3H2,(H,18,19)(H,20,21). The zero-order valence-corrected chi connectivity index (χ0v) is 11.0. The number of hydrogen-bond donors (Lipinski definition) is 2. The zero-order valence-electron chi connectivity index (χ0n) is 11.0. The third-order valence-electron chi connectivity index (χ3n) is 3.65. The van der Waals surface area contributed by atoms with Crippen molar-refractivity contribution in [3.05, 3.63) is 29.8 Å². The van der Waals surface area contributed by atoms with Crippen molar-refractivity contribution in [2.45, 2.75) is 25.4 Å². The van der Waals surface area contributed by atoms with Crippen LogP contribution < -0.4 is 5.32 Å². The fourth-order valence-electron chi connectivity index (χ4n) is 2.55. The summed E-state index contributed by atoms with van der Waals surface area (Å²) in [6.07, 6.45) is -2.85. The maximum absolute atomic E-state index is 12.4. The predicted molar refractivity (Wildman–Crippen MR) is 68.5 cm³/mol. The first kappa shape index (κ1) is 15.3. The lowest BCUT2D eigenvalue weighted by Gasteiger charge is -2.16.